The predicted octanol–water partition coefficient (Wildman–Crippen LogP) is 2.43. The standard InChI is InChI=1S/C16H24N2O2/c1-11(2)20-15-6-4-5-13(10-15)16(19)18-8-7-14(17)9-12(18)3/h4-6,10-12,14H,7-9,17H2,1-3H3. The average molecular weight is 276 g/mol. The summed E-state index contributed by atoms with van der Waals surface area (Å²) in [5.41, 5.74) is 6.63. The van der Waals surface area contributed by atoms with E-state index in [4.69, 9.17) is 10.5 Å². The lowest BCUT2D eigenvalue weighted by atomic mass is 9.98. The van der Waals surface area contributed by atoms with E-state index in [1.165, 1.54) is 0 Å². The highest BCUT2D eigenvalue weighted by atomic mass is 16.5. The summed E-state index contributed by atoms with van der Waals surface area (Å²) in [4.78, 5) is 14.5. The van der Waals surface area contributed by atoms with E-state index in [9.17, 15) is 4.79 Å². The molecule has 1 aliphatic heterocycles. The second kappa shape index (κ2) is 6.27. The molecule has 0 aromatic heterocycles. The van der Waals surface area contributed by atoms with Gasteiger partial charge in [-0.2, -0.15) is 0 Å². The molecular weight excluding hydrogens is 252 g/mol. The first-order chi connectivity index (χ1) is 9.47. The molecule has 20 heavy (non-hydrogen) atoms. The van der Waals surface area contributed by atoms with Gasteiger partial charge in [0.15, 0.2) is 0 Å². The van der Waals surface area contributed by atoms with Crippen molar-refractivity contribution in [3.05, 3.63) is 29.8 Å². The molecule has 1 fully saturated rings. The van der Waals surface area contributed by atoms with Crippen LogP contribution in [0.1, 0.15) is 44.0 Å². The minimum atomic E-state index is 0.0682. The van der Waals surface area contributed by atoms with E-state index in [2.05, 4.69) is 6.92 Å². The minimum Gasteiger partial charge on any atom is -0.491 e. The third-order valence-electron chi connectivity index (χ3n) is 3.63. The molecule has 1 saturated heterocycles. The first-order valence-corrected chi connectivity index (χ1v) is 7.30. The van der Waals surface area contributed by atoms with Gasteiger partial charge in [-0.15, -0.1) is 0 Å². The molecule has 1 heterocycles. The fourth-order valence-electron chi connectivity index (χ4n) is 2.65. The highest BCUT2D eigenvalue weighted by Gasteiger charge is 2.27. The van der Waals surface area contributed by atoms with Gasteiger partial charge in [-0.1, -0.05) is 6.07 Å². The Labute approximate surface area is 120 Å². The second-order valence-corrected chi connectivity index (χ2v) is 5.83. The van der Waals surface area contributed by atoms with Crippen LogP contribution in [0.25, 0.3) is 0 Å². The molecule has 0 aliphatic carbocycles. The number of hydrogen-bond donors (Lipinski definition) is 1. The molecule has 1 aromatic rings. The molecule has 110 valence electrons. The summed E-state index contributed by atoms with van der Waals surface area (Å²) in [7, 11) is 0. The summed E-state index contributed by atoms with van der Waals surface area (Å²) in [5, 5.41) is 0. The van der Waals surface area contributed by atoms with Gasteiger partial charge in [0, 0.05) is 24.2 Å². The molecule has 1 aromatic carbocycles. The van der Waals surface area contributed by atoms with Crippen molar-refractivity contribution in [3.8, 4) is 5.75 Å². The Hall–Kier alpha value is -1.55. The predicted molar refractivity (Wildman–Crippen MR) is 79.9 cm³/mol. The molecule has 2 atom stereocenters. The van der Waals surface area contributed by atoms with Gasteiger partial charge in [0.05, 0.1) is 6.10 Å². The normalized spacial score (nSPS) is 22.9. The van der Waals surface area contributed by atoms with E-state index in [1.54, 1.807) is 0 Å². The van der Waals surface area contributed by atoms with Crippen molar-refractivity contribution >= 4 is 5.91 Å². The van der Waals surface area contributed by atoms with E-state index in [0.29, 0.717) is 5.56 Å². The topological polar surface area (TPSA) is 55.6 Å². The minimum absolute atomic E-state index is 0.0682. The highest BCUT2D eigenvalue weighted by molar-refractivity contribution is 5.94. The van der Waals surface area contributed by atoms with Crippen LogP contribution < -0.4 is 10.5 Å². The zero-order chi connectivity index (χ0) is 14.7. The Morgan fingerprint density at radius 1 is 1.45 bits per heavy atom. The van der Waals surface area contributed by atoms with E-state index in [-0.39, 0.29) is 24.1 Å². The molecule has 2 rings (SSSR count). The number of amides is 1. The van der Waals surface area contributed by atoms with E-state index >= 15 is 0 Å². The van der Waals surface area contributed by atoms with Crippen LogP contribution in [0.15, 0.2) is 24.3 Å². The zero-order valence-corrected chi connectivity index (χ0v) is 12.5. The number of piperidine rings is 1. The van der Waals surface area contributed by atoms with Gasteiger partial charge in [0.25, 0.3) is 5.91 Å². The van der Waals surface area contributed by atoms with Gasteiger partial charge in [0.2, 0.25) is 0 Å². The first kappa shape index (κ1) is 14.9. The summed E-state index contributed by atoms with van der Waals surface area (Å²) >= 11 is 0. The molecule has 2 N–H and O–H groups in total. The van der Waals surface area contributed by atoms with Gasteiger partial charge in [-0.05, 0) is 51.8 Å². The van der Waals surface area contributed by atoms with Gasteiger partial charge in [-0.25, -0.2) is 0 Å². The molecule has 4 heteroatoms. The number of carbonyl (C=O) groups is 1. The van der Waals surface area contributed by atoms with Crippen molar-refractivity contribution < 1.29 is 9.53 Å². The number of nitrogens with zero attached hydrogens (tertiary/aromatic N) is 1. The van der Waals surface area contributed by atoms with E-state index in [1.807, 2.05) is 43.0 Å². The quantitative estimate of drug-likeness (QED) is 0.922. The van der Waals surface area contributed by atoms with Crippen molar-refractivity contribution in [1.82, 2.24) is 4.90 Å². The maximum atomic E-state index is 12.6. The van der Waals surface area contributed by atoms with Crippen LogP contribution in [-0.2, 0) is 0 Å². The van der Waals surface area contributed by atoms with Crippen LogP contribution >= 0.6 is 0 Å². The zero-order valence-electron chi connectivity index (χ0n) is 12.5. The number of benzene rings is 1. The average Bonchev–Trinajstić information content (AvgIpc) is 2.37. The molecule has 0 spiro atoms. The molecule has 0 radical (unpaired) electrons. The second-order valence-electron chi connectivity index (χ2n) is 5.83. The molecule has 0 bridgehead atoms. The monoisotopic (exact) mass is 276 g/mol. The van der Waals surface area contributed by atoms with Crippen molar-refractivity contribution in [3.63, 3.8) is 0 Å². The Kier molecular flexibility index (Phi) is 4.65. The Morgan fingerprint density at radius 2 is 2.20 bits per heavy atom. The fraction of sp³-hybridized carbons (Fsp3) is 0.562. The van der Waals surface area contributed by atoms with Gasteiger partial charge in [-0.3, -0.25) is 4.79 Å². The number of rotatable bonds is 3. The molecule has 1 aliphatic rings. The SMILES string of the molecule is CC(C)Oc1cccc(C(=O)N2CCC(N)CC2C)c1. The van der Waals surface area contributed by atoms with Crippen LogP contribution in [0.3, 0.4) is 0 Å². The van der Waals surface area contributed by atoms with Gasteiger partial charge >= 0.3 is 0 Å². The smallest absolute Gasteiger partial charge is 0.254 e. The molecule has 4 nitrogen and oxygen atoms in total. The number of carbonyl (C=O) groups excluding carboxylic acids is 1. The lowest BCUT2D eigenvalue weighted by Gasteiger charge is -2.36. The number of hydrogen-bond acceptors (Lipinski definition) is 3. The molecule has 0 saturated carbocycles. The van der Waals surface area contributed by atoms with Crippen molar-refractivity contribution in [1.29, 1.82) is 0 Å². The third kappa shape index (κ3) is 3.51. The lowest BCUT2D eigenvalue weighted by Crippen LogP contribution is -2.48. The van der Waals surface area contributed by atoms with E-state index < -0.39 is 0 Å². The fourth-order valence-corrected chi connectivity index (χ4v) is 2.65. The molecule has 1 amide bonds. The summed E-state index contributed by atoms with van der Waals surface area (Å²) in [6.45, 7) is 6.74. The van der Waals surface area contributed by atoms with Crippen molar-refractivity contribution in [2.24, 2.45) is 5.73 Å². The van der Waals surface area contributed by atoms with Gasteiger partial charge < -0.3 is 15.4 Å². The molecular formula is C16H24N2O2. The van der Waals surface area contributed by atoms with Crippen LogP contribution in [0.2, 0.25) is 0 Å². The number of likely N-dealkylation sites (tertiary alicyclic amines) is 1. The molecule has 2 unspecified atom stereocenters. The first-order valence-electron chi connectivity index (χ1n) is 7.30. The summed E-state index contributed by atoms with van der Waals surface area (Å²) in [5.74, 6) is 0.811. The Bertz CT molecular complexity index is 473. The van der Waals surface area contributed by atoms with Gasteiger partial charge in [0.1, 0.15) is 5.75 Å². The van der Waals surface area contributed by atoms with Crippen LogP contribution in [0.4, 0.5) is 0 Å². The summed E-state index contributed by atoms with van der Waals surface area (Å²) in [6.07, 6.45) is 1.85. The third-order valence-corrected chi connectivity index (χ3v) is 3.63. The Morgan fingerprint density at radius 3 is 2.85 bits per heavy atom. The number of ether oxygens (including phenoxy) is 1. The highest BCUT2D eigenvalue weighted by Crippen LogP contribution is 2.21. The maximum absolute atomic E-state index is 12.6. The van der Waals surface area contributed by atoms with Crippen LogP contribution in [0, 0.1) is 0 Å². The number of nitrogens with two attached hydrogens (primary N) is 1. The Balaban J connectivity index is 2.12. The van der Waals surface area contributed by atoms with Crippen LogP contribution in [0.5, 0.6) is 5.75 Å². The maximum Gasteiger partial charge on any atom is 0.254 e. The summed E-state index contributed by atoms with van der Waals surface area (Å²) < 4.78 is 5.65. The summed E-state index contributed by atoms with van der Waals surface area (Å²) in [6, 6.07) is 7.82. The van der Waals surface area contributed by atoms with Crippen molar-refractivity contribution in [2.75, 3.05) is 6.54 Å². The van der Waals surface area contributed by atoms with E-state index in [0.717, 1.165) is 25.1 Å². The van der Waals surface area contributed by atoms with Crippen molar-refractivity contribution in [2.45, 2.75) is 51.8 Å². The lowest BCUT2D eigenvalue weighted by molar-refractivity contribution is 0.0618. The van der Waals surface area contributed by atoms with Crippen LogP contribution in [-0.4, -0.2) is 35.5 Å². The largest absolute Gasteiger partial charge is 0.491 e.